The second kappa shape index (κ2) is 19.0. The van der Waals surface area contributed by atoms with Crippen molar-refractivity contribution in [2.24, 2.45) is 0 Å². The first kappa shape index (κ1) is 30.0. The molecule has 0 aliphatic heterocycles. The van der Waals surface area contributed by atoms with E-state index >= 15 is 0 Å². The van der Waals surface area contributed by atoms with Crippen LogP contribution in [0.2, 0.25) is 0 Å². The summed E-state index contributed by atoms with van der Waals surface area (Å²) in [5.74, 6) is 0. The molecule has 0 fully saturated rings. The Morgan fingerprint density at radius 3 is 0.944 bits per heavy atom. The molecule has 2 rings (SSSR count). The van der Waals surface area contributed by atoms with Crippen LogP contribution in [0.3, 0.4) is 0 Å². The molecule has 0 atom stereocenters. The molecule has 0 amide bonds. The molecular weight excluding hydrogens is 436 g/mol. The van der Waals surface area contributed by atoms with Crippen molar-refractivity contribution in [2.75, 3.05) is 36.0 Å². The summed E-state index contributed by atoms with van der Waals surface area (Å²) in [6.07, 6.45) is 20.0. The van der Waals surface area contributed by atoms with Crippen LogP contribution in [-0.2, 0) is 0 Å². The molecule has 0 heterocycles. The minimum Gasteiger partial charge on any atom is -0.372 e. The van der Waals surface area contributed by atoms with Crippen LogP contribution < -0.4 is 9.80 Å². The number of anilines is 2. The van der Waals surface area contributed by atoms with Gasteiger partial charge in [-0.1, -0.05) is 115 Å². The van der Waals surface area contributed by atoms with Crippen molar-refractivity contribution < 1.29 is 0 Å². The monoisotopic (exact) mass is 490 g/mol. The first-order chi connectivity index (χ1) is 17.7. The van der Waals surface area contributed by atoms with Gasteiger partial charge in [0.15, 0.2) is 0 Å². The van der Waals surface area contributed by atoms with Crippen molar-refractivity contribution in [2.45, 2.75) is 105 Å². The van der Waals surface area contributed by atoms with Gasteiger partial charge in [0.1, 0.15) is 0 Å². The highest BCUT2D eigenvalue weighted by Crippen LogP contribution is 2.21. The van der Waals surface area contributed by atoms with Gasteiger partial charge < -0.3 is 9.80 Å². The molecular formula is C34H54N2. The molecule has 36 heavy (non-hydrogen) atoms. The van der Waals surface area contributed by atoms with E-state index in [9.17, 15) is 0 Å². The van der Waals surface area contributed by atoms with Gasteiger partial charge in [-0.15, -0.1) is 0 Å². The van der Waals surface area contributed by atoms with E-state index in [1.54, 1.807) is 0 Å². The second-order valence-electron chi connectivity index (χ2n) is 10.3. The fourth-order valence-electron chi connectivity index (χ4n) is 4.74. The topological polar surface area (TPSA) is 6.48 Å². The van der Waals surface area contributed by atoms with Gasteiger partial charge >= 0.3 is 0 Å². The molecule has 0 aromatic heterocycles. The number of unbranched alkanes of at least 4 members (excludes halogenated alkanes) is 8. The zero-order chi connectivity index (χ0) is 25.8. The van der Waals surface area contributed by atoms with E-state index in [0.29, 0.717) is 0 Å². The predicted molar refractivity (Wildman–Crippen MR) is 164 cm³/mol. The third kappa shape index (κ3) is 11.7. The Hall–Kier alpha value is -2.22. The van der Waals surface area contributed by atoms with Crippen LogP contribution in [-0.4, -0.2) is 26.2 Å². The molecule has 0 aliphatic rings. The Morgan fingerprint density at radius 2 is 0.694 bits per heavy atom. The lowest BCUT2D eigenvalue weighted by Gasteiger charge is -2.25. The summed E-state index contributed by atoms with van der Waals surface area (Å²) >= 11 is 0. The van der Waals surface area contributed by atoms with Crippen LogP contribution >= 0.6 is 0 Å². The van der Waals surface area contributed by atoms with E-state index in [1.165, 1.54) is 126 Å². The SMILES string of the molecule is CCCCCN(CCCCC)c1ccc(C=Cc2ccc(N(CCCCC)CCCCC)cc2)cc1. The zero-order valence-electron chi connectivity index (χ0n) is 24.0. The van der Waals surface area contributed by atoms with E-state index in [2.05, 4.69) is 98.2 Å². The molecule has 0 bridgehead atoms. The number of rotatable bonds is 20. The predicted octanol–water partition coefficient (Wildman–Crippen LogP) is 10.2. The number of hydrogen-bond acceptors (Lipinski definition) is 2. The summed E-state index contributed by atoms with van der Waals surface area (Å²) < 4.78 is 0. The van der Waals surface area contributed by atoms with Crippen molar-refractivity contribution in [1.29, 1.82) is 0 Å². The van der Waals surface area contributed by atoms with Gasteiger partial charge in [-0.05, 0) is 61.1 Å². The largest absolute Gasteiger partial charge is 0.372 e. The Balaban J connectivity index is 1.99. The summed E-state index contributed by atoms with van der Waals surface area (Å²) in [4.78, 5) is 5.18. The van der Waals surface area contributed by atoms with Crippen LogP contribution in [0.1, 0.15) is 116 Å². The van der Waals surface area contributed by atoms with Crippen molar-refractivity contribution in [3.63, 3.8) is 0 Å². The van der Waals surface area contributed by atoms with Gasteiger partial charge in [0.2, 0.25) is 0 Å². The molecule has 200 valence electrons. The smallest absolute Gasteiger partial charge is 0.0366 e. The van der Waals surface area contributed by atoms with Crippen LogP contribution in [0, 0.1) is 0 Å². The molecule has 0 saturated heterocycles. The third-order valence-corrected chi connectivity index (χ3v) is 7.11. The third-order valence-electron chi connectivity index (χ3n) is 7.11. The molecule has 2 aromatic carbocycles. The van der Waals surface area contributed by atoms with E-state index in [0.717, 1.165) is 0 Å². The minimum atomic E-state index is 1.17. The fourth-order valence-corrected chi connectivity index (χ4v) is 4.74. The molecule has 2 nitrogen and oxygen atoms in total. The Morgan fingerprint density at radius 1 is 0.417 bits per heavy atom. The van der Waals surface area contributed by atoms with Crippen LogP contribution in [0.25, 0.3) is 12.2 Å². The maximum Gasteiger partial charge on any atom is 0.0366 e. The highest BCUT2D eigenvalue weighted by molar-refractivity contribution is 5.71. The van der Waals surface area contributed by atoms with Gasteiger partial charge in [0, 0.05) is 37.6 Å². The molecule has 2 heteroatoms. The van der Waals surface area contributed by atoms with Gasteiger partial charge in [0.05, 0.1) is 0 Å². The minimum absolute atomic E-state index is 1.17. The van der Waals surface area contributed by atoms with Gasteiger partial charge in [-0.3, -0.25) is 0 Å². The number of benzene rings is 2. The average molecular weight is 491 g/mol. The lowest BCUT2D eigenvalue weighted by molar-refractivity contribution is 0.636. The van der Waals surface area contributed by atoms with Gasteiger partial charge in [-0.2, -0.15) is 0 Å². The first-order valence-corrected chi connectivity index (χ1v) is 15.1. The summed E-state index contributed by atoms with van der Waals surface area (Å²) in [5, 5.41) is 0. The molecule has 0 unspecified atom stereocenters. The van der Waals surface area contributed by atoms with E-state index in [-0.39, 0.29) is 0 Å². The van der Waals surface area contributed by atoms with Crippen LogP contribution in [0.5, 0.6) is 0 Å². The summed E-state index contributed by atoms with van der Waals surface area (Å²) in [5.41, 5.74) is 5.28. The lowest BCUT2D eigenvalue weighted by atomic mass is 10.1. The summed E-state index contributed by atoms with van der Waals surface area (Å²) in [7, 11) is 0. The highest BCUT2D eigenvalue weighted by atomic mass is 15.1. The van der Waals surface area contributed by atoms with Crippen LogP contribution in [0.4, 0.5) is 11.4 Å². The number of nitrogens with zero attached hydrogens (tertiary/aromatic N) is 2. The molecule has 2 aromatic rings. The van der Waals surface area contributed by atoms with Crippen molar-refractivity contribution >= 4 is 23.5 Å². The molecule has 0 spiro atoms. The van der Waals surface area contributed by atoms with E-state index in [1.807, 2.05) is 0 Å². The Bertz CT molecular complexity index is 717. The Kier molecular flexibility index (Phi) is 15.8. The summed E-state index contributed by atoms with van der Waals surface area (Å²) in [6.45, 7) is 13.8. The zero-order valence-corrected chi connectivity index (χ0v) is 24.0. The normalized spacial score (nSPS) is 11.3. The van der Waals surface area contributed by atoms with Gasteiger partial charge in [-0.25, -0.2) is 0 Å². The number of hydrogen-bond donors (Lipinski definition) is 0. The van der Waals surface area contributed by atoms with E-state index < -0.39 is 0 Å². The van der Waals surface area contributed by atoms with Crippen molar-refractivity contribution in [3.8, 4) is 0 Å². The lowest BCUT2D eigenvalue weighted by Crippen LogP contribution is -2.25. The molecule has 0 N–H and O–H groups in total. The Labute approximate surface area is 223 Å². The summed E-state index contributed by atoms with van der Waals surface area (Å²) in [6, 6.07) is 18.3. The van der Waals surface area contributed by atoms with Gasteiger partial charge in [0.25, 0.3) is 0 Å². The maximum absolute atomic E-state index is 2.59. The quantitative estimate of drug-likeness (QED) is 0.134. The highest BCUT2D eigenvalue weighted by Gasteiger charge is 2.07. The first-order valence-electron chi connectivity index (χ1n) is 15.1. The molecule has 0 aliphatic carbocycles. The molecule has 0 saturated carbocycles. The maximum atomic E-state index is 2.59. The van der Waals surface area contributed by atoms with Crippen LogP contribution in [0.15, 0.2) is 48.5 Å². The van der Waals surface area contributed by atoms with E-state index in [4.69, 9.17) is 0 Å². The molecule has 0 radical (unpaired) electrons. The average Bonchev–Trinajstić information content (AvgIpc) is 2.91. The van der Waals surface area contributed by atoms with Crippen molar-refractivity contribution in [3.05, 3.63) is 59.7 Å². The van der Waals surface area contributed by atoms with Crippen molar-refractivity contribution in [1.82, 2.24) is 0 Å². The second-order valence-corrected chi connectivity index (χ2v) is 10.3. The fraction of sp³-hybridized carbons (Fsp3) is 0.588. The standard InChI is InChI=1S/C34H54N2/c1-5-9-13-27-35(28-14-10-6-2)33-23-19-31(20-24-33)17-18-32-21-25-34(26-22-32)36(29-15-11-7-3)30-16-12-8-4/h17-26H,5-16,27-30H2,1-4H3.